The molecule has 0 bridgehead atoms. The fourth-order valence-corrected chi connectivity index (χ4v) is 4.07. The van der Waals surface area contributed by atoms with Crippen molar-refractivity contribution in [2.75, 3.05) is 5.32 Å². The molecular weight excluding hydrogens is 497 g/mol. The highest BCUT2D eigenvalue weighted by atomic mass is 19.4. The monoisotopic (exact) mass is 522 g/mol. The van der Waals surface area contributed by atoms with Crippen molar-refractivity contribution in [2.45, 2.75) is 46.0 Å². The molecular formula is C26H25F3N8O. The Morgan fingerprint density at radius 2 is 1.74 bits per heavy atom. The minimum atomic E-state index is -4.71. The van der Waals surface area contributed by atoms with Crippen molar-refractivity contribution in [3.63, 3.8) is 0 Å². The Kier molecular flexibility index (Phi) is 6.47. The summed E-state index contributed by atoms with van der Waals surface area (Å²) in [5.74, 6) is -0.375. The summed E-state index contributed by atoms with van der Waals surface area (Å²) in [6.07, 6.45) is 3.10. The number of fused-ring (bicyclic) bond motifs is 1. The predicted molar refractivity (Wildman–Crippen MR) is 135 cm³/mol. The fraction of sp³-hybridized carbons (Fsp3) is 0.269. The zero-order valence-electron chi connectivity index (χ0n) is 20.9. The van der Waals surface area contributed by atoms with Gasteiger partial charge in [-0.25, -0.2) is 9.50 Å². The number of benzene rings is 1. The molecule has 196 valence electrons. The Balaban J connectivity index is 1.45. The van der Waals surface area contributed by atoms with Gasteiger partial charge in [-0.05, 0) is 24.5 Å². The predicted octanol–water partition coefficient (Wildman–Crippen LogP) is 5.25. The van der Waals surface area contributed by atoms with Crippen LogP contribution in [0.1, 0.15) is 53.9 Å². The number of aromatic nitrogens is 7. The Hall–Kier alpha value is -4.48. The standard InChI is InChI=1S/C26H25F3N8O/c1-4-35-13-17(10-30-35)14-36-15-20(11-31-36)33-25(38)21-12-32-37-23(26(27,28)29)9-22(34-24(21)37)19-7-5-18(6-8-19)16(2)3/h5-13,15-16H,4,14H2,1-3H3,(H,33,38). The van der Waals surface area contributed by atoms with E-state index in [0.717, 1.165) is 29.9 Å². The molecule has 0 unspecified atom stereocenters. The van der Waals surface area contributed by atoms with Crippen molar-refractivity contribution in [1.29, 1.82) is 0 Å². The molecule has 9 nitrogen and oxygen atoms in total. The molecule has 0 saturated heterocycles. The van der Waals surface area contributed by atoms with Crippen LogP contribution in [0.15, 0.2) is 61.3 Å². The van der Waals surface area contributed by atoms with Gasteiger partial charge in [-0.15, -0.1) is 0 Å². The van der Waals surface area contributed by atoms with Crippen LogP contribution in [0.5, 0.6) is 0 Å². The minimum absolute atomic E-state index is 0.0897. The van der Waals surface area contributed by atoms with Crippen LogP contribution in [-0.2, 0) is 19.3 Å². The highest BCUT2D eigenvalue weighted by Crippen LogP contribution is 2.33. The van der Waals surface area contributed by atoms with E-state index in [-0.39, 0.29) is 22.8 Å². The first kappa shape index (κ1) is 25.2. The molecule has 0 aliphatic carbocycles. The maximum Gasteiger partial charge on any atom is 0.433 e. The highest BCUT2D eigenvalue weighted by molar-refractivity contribution is 6.08. The van der Waals surface area contributed by atoms with Crippen LogP contribution < -0.4 is 5.32 Å². The maximum atomic E-state index is 13.9. The van der Waals surface area contributed by atoms with Gasteiger partial charge in [-0.3, -0.25) is 14.2 Å². The first-order chi connectivity index (χ1) is 18.1. The number of carbonyl (C=O) groups excluding carboxylic acids is 1. The quantitative estimate of drug-likeness (QED) is 0.315. The number of alkyl halides is 3. The lowest BCUT2D eigenvalue weighted by Crippen LogP contribution is -2.15. The number of anilines is 1. The highest BCUT2D eigenvalue weighted by Gasteiger charge is 2.36. The minimum Gasteiger partial charge on any atom is -0.319 e. The van der Waals surface area contributed by atoms with Gasteiger partial charge in [0.1, 0.15) is 5.56 Å². The third-order valence-electron chi connectivity index (χ3n) is 6.13. The lowest BCUT2D eigenvalue weighted by Gasteiger charge is -2.12. The van der Waals surface area contributed by atoms with Crippen molar-refractivity contribution < 1.29 is 18.0 Å². The normalized spacial score (nSPS) is 12.0. The number of hydrogen-bond acceptors (Lipinski definition) is 5. The van der Waals surface area contributed by atoms with Crippen molar-refractivity contribution >= 4 is 17.2 Å². The third kappa shape index (κ3) is 5.01. The van der Waals surface area contributed by atoms with E-state index in [0.29, 0.717) is 22.3 Å². The number of carbonyl (C=O) groups is 1. The average Bonchev–Trinajstić information content (AvgIpc) is 3.63. The summed E-state index contributed by atoms with van der Waals surface area (Å²) in [5, 5.41) is 15.0. The largest absolute Gasteiger partial charge is 0.433 e. The van der Waals surface area contributed by atoms with E-state index in [1.54, 1.807) is 33.9 Å². The lowest BCUT2D eigenvalue weighted by molar-refractivity contribution is -0.142. The molecule has 1 aromatic carbocycles. The Labute approximate surface area is 215 Å². The van der Waals surface area contributed by atoms with Gasteiger partial charge < -0.3 is 5.32 Å². The zero-order valence-corrected chi connectivity index (χ0v) is 20.9. The van der Waals surface area contributed by atoms with Crippen molar-refractivity contribution in [3.05, 3.63) is 83.7 Å². The van der Waals surface area contributed by atoms with Crippen molar-refractivity contribution in [1.82, 2.24) is 34.2 Å². The molecule has 1 amide bonds. The van der Waals surface area contributed by atoms with Gasteiger partial charge in [0.2, 0.25) is 0 Å². The molecule has 0 radical (unpaired) electrons. The number of nitrogens with zero attached hydrogens (tertiary/aromatic N) is 7. The second-order valence-corrected chi connectivity index (χ2v) is 9.18. The number of aryl methyl sites for hydroxylation is 1. The first-order valence-corrected chi connectivity index (χ1v) is 12.0. The summed E-state index contributed by atoms with van der Waals surface area (Å²) in [7, 11) is 0. The van der Waals surface area contributed by atoms with Crippen LogP contribution in [0.2, 0.25) is 0 Å². The Bertz CT molecular complexity index is 1600. The summed E-state index contributed by atoms with van der Waals surface area (Å²) < 4.78 is 45.9. The molecule has 4 aromatic heterocycles. The Morgan fingerprint density at radius 3 is 2.39 bits per heavy atom. The van der Waals surface area contributed by atoms with Crippen LogP contribution in [0.25, 0.3) is 16.9 Å². The first-order valence-electron chi connectivity index (χ1n) is 12.0. The van der Waals surface area contributed by atoms with Gasteiger partial charge in [0.05, 0.1) is 36.5 Å². The van der Waals surface area contributed by atoms with Crippen LogP contribution in [0, 0.1) is 0 Å². The summed E-state index contributed by atoms with van der Waals surface area (Å²) in [6.45, 7) is 7.23. The molecule has 0 atom stereocenters. The number of rotatable bonds is 7. The molecule has 0 spiro atoms. The van der Waals surface area contributed by atoms with Crippen LogP contribution in [0.3, 0.4) is 0 Å². The van der Waals surface area contributed by atoms with Gasteiger partial charge in [-0.1, -0.05) is 38.1 Å². The molecule has 0 fully saturated rings. The van der Waals surface area contributed by atoms with Gasteiger partial charge in [-0.2, -0.15) is 28.5 Å². The molecule has 38 heavy (non-hydrogen) atoms. The topological polar surface area (TPSA) is 94.9 Å². The summed E-state index contributed by atoms with van der Waals surface area (Å²) >= 11 is 0. The maximum absolute atomic E-state index is 13.9. The molecule has 4 heterocycles. The van der Waals surface area contributed by atoms with Crippen molar-refractivity contribution in [3.8, 4) is 11.3 Å². The van der Waals surface area contributed by atoms with E-state index >= 15 is 0 Å². The van der Waals surface area contributed by atoms with Gasteiger partial charge in [0.15, 0.2) is 11.3 Å². The number of hydrogen-bond donors (Lipinski definition) is 1. The van der Waals surface area contributed by atoms with Crippen LogP contribution >= 0.6 is 0 Å². The number of halogens is 3. The van der Waals surface area contributed by atoms with E-state index in [1.165, 1.54) is 6.20 Å². The number of amides is 1. The molecule has 1 N–H and O–H groups in total. The molecule has 0 saturated carbocycles. The molecule has 5 aromatic rings. The third-order valence-corrected chi connectivity index (χ3v) is 6.13. The van der Waals surface area contributed by atoms with Crippen LogP contribution in [0.4, 0.5) is 18.9 Å². The summed E-state index contributed by atoms with van der Waals surface area (Å²) in [6, 6.07) is 8.10. The average molecular weight is 523 g/mol. The summed E-state index contributed by atoms with van der Waals surface area (Å²) in [5.41, 5.74) is 1.66. The van der Waals surface area contributed by atoms with E-state index in [4.69, 9.17) is 0 Å². The van der Waals surface area contributed by atoms with E-state index in [9.17, 15) is 18.0 Å². The van der Waals surface area contributed by atoms with Crippen molar-refractivity contribution in [2.24, 2.45) is 0 Å². The van der Waals surface area contributed by atoms with Gasteiger partial charge in [0.25, 0.3) is 5.91 Å². The van der Waals surface area contributed by atoms with Gasteiger partial charge in [0, 0.05) is 30.1 Å². The SMILES string of the molecule is CCn1cc(Cn2cc(NC(=O)c3cnn4c(C(F)(F)F)cc(-c5ccc(C(C)C)cc5)nc34)cn2)cn1. The summed E-state index contributed by atoms with van der Waals surface area (Å²) in [4.78, 5) is 17.5. The zero-order chi connectivity index (χ0) is 27.0. The van der Waals surface area contributed by atoms with E-state index < -0.39 is 17.8 Å². The fourth-order valence-electron chi connectivity index (χ4n) is 4.07. The lowest BCUT2D eigenvalue weighted by atomic mass is 10.0. The number of nitrogens with one attached hydrogen (secondary N) is 1. The Morgan fingerprint density at radius 1 is 1.00 bits per heavy atom. The molecule has 12 heteroatoms. The smallest absolute Gasteiger partial charge is 0.319 e. The molecule has 0 aliphatic rings. The van der Waals surface area contributed by atoms with Crippen LogP contribution in [-0.4, -0.2) is 40.1 Å². The second kappa shape index (κ2) is 9.77. The second-order valence-electron chi connectivity index (χ2n) is 9.18. The molecule has 0 aliphatic heterocycles. The molecule has 5 rings (SSSR count). The van der Waals surface area contributed by atoms with E-state index in [2.05, 4.69) is 25.6 Å². The van der Waals surface area contributed by atoms with E-state index in [1.807, 2.05) is 39.1 Å². The van der Waals surface area contributed by atoms with Gasteiger partial charge >= 0.3 is 6.18 Å².